The van der Waals surface area contributed by atoms with Crippen LogP contribution in [0.25, 0.3) is 0 Å². The van der Waals surface area contributed by atoms with Crippen molar-refractivity contribution >= 4 is 17.5 Å². The molecule has 7 nitrogen and oxygen atoms in total. The lowest BCUT2D eigenvalue weighted by molar-refractivity contribution is 0.0227. The molecule has 1 aliphatic rings. The van der Waals surface area contributed by atoms with E-state index in [9.17, 15) is 19.4 Å². The maximum absolute atomic E-state index is 13.7. The van der Waals surface area contributed by atoms with Gasteiger partial charge in [0.1, 0.15) is 30.3 Å². The molecule has 2 N–H and O–H groups in total. The predicted molar refractivity (Wildman–Crippen MR) is 151 cm³/mol. The van der Waals surface area contributed by atoms with Crippen LogP contribution in [0.4, 0.5) is 20.6 Å². The highest BCUT2D eigenvalue weighted by atomic mass is 19.1. The largest absolute Gasteiger partial charge is 0.489 e. The monoisotopic (exact) mass is 542 g/mol. The molecule has 1 amide bonds. The van der Waals surface area contributed by atoms with Crippen LogP contribution >= 0.6 is 0 Å². The molecule has 0 radical (unpaired) electrons. The highest BCUT2D eigenvalue weighted by molar-refractivity contribution is 5.91. The fraction of sp³-hybridized carbons (Fsp3) is 0.219. The van der Waals surface area contributed by atoms with E-state index in [1.54, 1.807) is 0 Å². The molecule has 206 valence electrons. The van der Waals surface area contributed by atoms with Crippen molar-refractivity contribution in [3.05, 3.63) is 126 Å². The van der Waals surface area contributed by atoms with E-state index >= 15 is 0 Å². The van der Waals surface area contributed by atoms with Crippen LogP contribution in [0.15, 0.2) is 109 Å². The molecule has 1 fully saturated rings. The third-order valence-electron chi connectivity index (χ3n) is 6.88. The Bertz CT molecular complexity index is 1370. The van der Waals surface area contributed by atoms with Crippen LogP contribution in [0.3, 0.4) is 0 Å². The van der Waals surface area contributed by atoms with Crippen molar-refractivity contribution in [1.82, 2.24) is 0 Å². The van der Waals surface area contributed by atoms with Gasteiger partial charge in [-0.05, 0) is 59.7 Å². The normalized spacial score (nSPS) is 17.4. The minimum absolute atomic E-state index is 0.109. The summed E-state index contributed by atoms with van der Waals surface area (Å²) in [6, 6.07) is 31.4. The summed E-state index contributed by atoms with van der Waals surface area (Å²) in [5, 5.41) is 21.1. The number of nitrogens with zero attached hydrogens (tertiary/aromatic N) is 2. The second kappa shape index (κ2) is 12.6. The molecule has 8 heteroatoms. The first-order valence-corrected chi connectivity index (χ1v) is 13.1. The highest BCUT2D eigenvalue weighted by Gasteiger charge is 2.47. The number of ether oxygens (including phenoxy) is 2. The number of para-hydroxylation sites is 1. The number of cyclic esters (lactones) is 1. The second-order valence-corrected chi connectivity index (χ2v) is 9.56. The van der Waals surface area contributed by atoms with E-state index in [0.717, 1.165) is 16.8 Å². The van der Waals surface area contributed by atoms with Gasteiger partial charge in [-0.15, -0.1) is 0 Å². The zero-order valence-corrected chi connectivity index (χ0v) is 21.8. The molecule has 0 spiro atoms. The molecular weight excluding hydrogens is 511 g/mol. The van der Waals surface area contributed by atoms with E-state index in [1.165, 1.54) is 29.2 Å². The number of rotatable bonds is 11. The van der Waals surface area contributed by atoms with Crippen molar-refractivity contribution in [3.63, 3.8) is 0 Å². The van der Waals surface area contributed by atoms with E-state index in [-0.39, 0.29) is 13.2 Å². The van der Waals surface area contributed by atoms with Crippen molar-refractivity contribution in [2.45, 2.75) is 24.9 Å². The van der Waals surface area contributed by atoms with Gasteiger partial charge >= 0.3 is 6.09 Å². The zero-order valence-electron chi connectivity index (χ0n) is 21.8. The van der Waals surface area contributed by atoms with Crippen LogP contribution in [-0.4, -0.2) is 48.2 Å². The summed E-state index contributed by atoms with van der Waals surface area (Å²) >= 11 is 0. The summed E-state index contributed by atoms with van der Waals surface area (Å²) in [6.07, 6.45) is -2.67. The minimum atomic E-state index is -1.10. The van der Waals surface area contributed by atoms with Crippen LogP contribution in [0.5, 0.6) is 5.75 Å². The van der Waals surface area contributed by atoms with Gasteiger partial charge < -0.3 is 24.6 Å². The summed E-state index contributed by atoms with van der Waals surface area (Å²) in [4.78, 5) is 16.5. The van der Waals surface area contributed by atoms with Gasteiger partial charge in [-0.2, -0.15) is 0 Å². The topological polar surface area (TPSA) is 82.5 Å². The molecule has 0 bridgehead atoms. The molecular formula is C32H31FN2O5. The van der Waals surface area contributed by atoms with Crippen LogP contribution in [0, 0.1) is 5.82 Å². The number of anilines is 2. The van der Waals surface area contributed by atoms with Crippen molar-refractivity contribution in [1.29, 1.82) is 0 Å². The molecule has 4 aromatic carbocycles. The van der Waals surface area contributed by atoms with Gasteiger partial charge in [0.2, 0.25) is 0 Å². The molecule has 3 unspecified atom stereocenters. The Hall–Kier alpha value is -4.40. The van der Waals surface area contributed by atoms with Crippen LogP contribution < -0.4 is 14.5 Å². The van der Waals surface area contributed by atoms with Gasteiger partial charge in [-0.1, -0.05) is 60.7 Å². The lowest BCUT2D eigenvalue weighted by atomic mass is 9.96. The SMILES string of the molecule is O=C1OC(C(O)CN(CCO)c2ccccc2)C(c2ccc(OCc3ccccc3)cc2)N1c1ccc(F)cc1. The van der Waals surface area contributed by atoms with Crippen molar-refractivity contribution in [2.24, 2.45) is 0 Å². The molecule has 0 saturated carbocycles. The zero-order chi connectivity index (χ0) is 27.9. The van der Waals surface area contributed by atoms with Gasteiger partial charge in [0, 0.05) is 24.5 Å². The fourth-order valence-electron chi connectivity index (χ4n) is 4.91. The van der Waals surface area contributed by atoms with Gasteiger partial charge in [0.15, 0.2) is 6.10 Å². The number of halogens is 1. The summed E-state index contributed by atoms with van der Waals surface area (Å²) in [5.74, 6) is 0.230. The van der Waals surface area contributed by atoms with Crippen molar-refractivity contribution in [3.8, 4) is 5.75 Å². The van der Waals surface area contributed by atoms with Crippen molar-refractivity contribution < 1.29 is 28.9 Å². The van der Waals surface area contributed by atoms with Crippen molar-refractivity contribution in [2.75, 3.05) is 29.5 Å². The number of hydrogen-bond acceptors (Lipinski definition) is 6. The van der Waals surface area contributed by atoms with E-state index in [1.807, 2.05) is 89.8 Å². The Morgan fingerprint density at radius 3 is 2.20 bits per heavy atom. The summed E-state index contributed by atoms with van der Waals surface area (Å²) < 4.78 is 25.4. The second-order valence-electron chi connectivity index (χ2n) is 9.56. The molecule has 1 heterocycles. The maximum Gasteiger partial charge on any atom is 0.415 e. The molecule has 1 saturated heterocycles. The number of aliphatic hydroxyl groups excluding tert-OH is 2. The Labute approximate surface area is 232 Å². The molecule has 5 rings (SSSR count). The molecule has 0 aliphatic carbocycles. The van der Waals surface area contributed by atoms with Gasteiger partial charge in [0.25, 0.3) is 0 Å². The quantitative estimate of drug-likeness (QED) is 0.267. The Balaban J connectivity index is 1.41. The van der Waals surface area contributed by atoms with Crippen LogP contribution in [0.1, 0.15) is 17.2 Å². The number of amides is 1. The Morgan fingerprint density at radius 1 is 0.900 bits per heavy atom. The smallest absolute Gasteiger partial charge is 0.415 e. The average molecular weight is 543 g/mol. The molecule has 40 heavy (non-hydrogen) atoms. The number of carbonyl (C=O) groups is 1. The van der Waals surface area contributed by atoms with Gasteiger partial charge in [-0.25, -0.2) is 9.18 Å². The van der Waals surface area contributed by atoms with Crippen LogP contribution in [-0.2, 0) is 11.3 Å². The van der Waals surface area contributed by atoms with E-state index in [4.69, 9.17) is 9.47 Å². The summed E-state index contributed by atoms with van der Waals surface area (Å²) in [5.41, 5.74) is 3.04. The molecule has 1 aliphatic heterocycles. The summed E-state index contributed by atoms with van der Waals surface area (Å²) in [6.45, 7) is 0.714. The fourth-order valence-corrected chi connectivity index (χ4v) is 4.91. The maximum atomic E-state index is 13.7. The lowest BCUT2D eigenvalue weighted by Gasteiger charge is -2.31. The number of carbonyl (C=O) groups excluding carboxylic acids is 1. The van der Waals surface area contributed by atoms with E-state index < -0.39 is 30.2 Å². The molecule has 0 aromatic heterocycles. The number of hydrogen-bond donors (Lipinski definition) is 2. The Morgan fingerprint density at radius 2 is 1.55 bits per heavy atom. The standard InChI is InChI=1S/C32H31FN2O5/c33-25-13-15-27(16-14-25)35-30(24-11-17-28(18-12-24)39-22-23-7-3-1-4-8-23)31(40-32(35)38)29(37)21-34(19-20-36)26-9-5-2-6-10-26/h1-18,29-31,36-37H,19-22H2. The molecule has 4 aromatic rings. The van der Waals surface area contributed by atoms with Gasteiger partial charge in [0.05, 0.1) is 6.61 Å². The average Bonchev–Trinajstić information content (AvgIpc) is 3.34. The third kappa shape index (κ3) is 6.25. The number of benzene rings is 4. The first kappa shape index (κ1) is 27.2. The lowest BCUT2D eigenvalue weighted by Crippen LogP contribution is -2.43. The van der Waals surface area contributed by atoms with Crippen LogP contribution in [0.2, 0.25) is 0 Å². The Kier molecular flexibility index (Phi) is 8.59. The molecule has 3 atom stereocenters. The minimum Gasteiger partial charge on any atom is -0.489 e. The van der Waals surface area contributed by atoms with E-state index in [0.29, 0.717) is 24.6 Å². The first-order valence-electron chi connectivity index (χ1n) is 13.1. The predicted octanol–water partition coefficient (Wildman–Crippen LogP) is 5.33. The number of aliphatic hydroxyl groups is 2. The third-order valence-corrected chi connectivity index (χ3v) is 6.88. The highest BCUT2D eigenvalue weighted by Crippen LogP contribution is 2.39. The first-order chi connectivity index (χ1) is 19.5. The van der Waals surface area contributed by atoms with E-state index in [2.05, 4.69) is 0 Å². The van der Waals surface area contributed by atoms with Gasteiger partial charge in [-0.3, -0.25) is 4.90 Å². The summed E-state index contributed by atoms with van der Waals surface area (Å²) in [7, 11) is 0.